The van der Waals surface area contributed by atoms with Crippen LogP contribution in [-0.4, -0.2) is 43.0 Å². The van der Waals surface area contributed by atoms with E-state index in [1.54, 1.807) is 14.2 Å². The number of ether oxygens (including phenoxy) is 2. The van der Waals surface area contributed by atoms with Crippen molar-refractivity contribution in [3.63, 3.8) is 0 Å². The van der Waals surface area contributed by atoms with Gasteiger partial charge in [0.1, 0.15) is 23.0 Å². The smallest absolute Gasteiger partial charge is 0.144 e. The van der Waals surface area contributed by atoms with Crippen molar-refractivity contribution in [3.8, 4) is 11.5 Å². The van der Waals surface area contributed by atoms with Crippen molar-refractivity contribution in [2.75, 3.05) is 27.3 Å². The summed E-state index contributed by atoms with van der Waals surface area (Å²) in [7, 11) is 3.33. The van der Waals surface area contributed by atoms with Crippen molar-refractivity contribution in [2.24, 2.45) is 4.99 Å². The van der Waals surface area contributed by atoms with Crippen LogP contribution in [0.2, 0.25) is 0 Å². The molecule has 5 heteroatoms. The van der Waals surface area contributed by atoms with Crippen molar-refractivity contribution in [1.29, 1.82) is 0 Å². The summed E-state index contributed by atoms with van der Waals surface area (Å²) in [6.07, 6.45) is 8.49. The van der Waals surface area contributed by atoms with Crippen LogP contribution in [-0.2, 0) is 6.42 Å². The molecule has 0 radical (unpaired) electrons. The van der Waals surface area contributed by atoms with Crippen LogP contribution in [0.3, 0.4) is 0 Å². The number of aliphatic imine (C=N–C) groups is 1. The molecule has 0 aliphatic heterocycles. The molecule has 0 saturated carbocycles. The Morgan fingerprint density at radius 1 is 1.12 bits per heavy atom. The summed E-state index contributed by atoms with van der Waals surface area (Å²) in [6.45, 7) is 5.97. The fourth-order valence-electron chi connectivity index (χ4n) is 4.24. The summed E-state index contributed by atoms with van der Waals surface area (Å²) in [4.78, 5) is 10.8. The first-order valence-electron chi connectivity index (χ1n) is 11.0. The van der Waals surface area contributed by atoms with Crippen LogP contribution in [0.1, 0.15) is 24.6 Å². The number of aryl methyl sites for hydroxylation is 1. The molecule has 1 aromatic heterocycles. The van der Waals surface area contributed by atoms with E-state index in [2.05, 4.69) is 66.2 Å². The zero-order valence-corrected chi connectivity index (χ0v) is 19.3. The van der Waals surface area contributed by atoms with Gasteiger partial charge in [0.15, 0.2) is 0 Å². The fraction of sp³-hybridized carbons (Fsp3) is 0.296. The molecule has 1 N–H and O–H groups in total. The van der Waals surface area contributed by atoms with E-state index >= 15 is 0 Å². The number of nitrogens with zero attached hydrogens (tertiary/aromatic N) is 2. The normalized spacial score (nSPS) is 13.5. The number of para-hydroxylation sites is 1. The van der Waals surface area contributed by atoms with Gasteiger partial charge in [-0.1, -0.05) is 36.4 Å². The number of aromatic amines is 1. The van der Waals surface area contributed by atoms with Crippen LogP contribution in [0.5, 0.6) is 11.5 Å². The molecule has 0 spiro atoms. The Morgan fingerprint density at radius 2 is 1.97 bits per heavy atom. The van der Waals surface area contributed by atoms with Gasteiger partial charge in [0.05, 0.1) is 14.2 Å². The lowest BCUT2D eigenvalue weighted by Gasteiger charge is -2.25. The molecule has 32 heavy (non-hydrogen) atoms. The quantitative estimate of drug-likeness (QED) is 0.354. The van der Waals surface area contributed by atoms with Crippen molar-refractivity contribution in [2.45, 2.75) is 26.7 Å². The maximum atomic E-state index is 5.54. The first-order chi connectivity index (χ1) is 15.6. The SMILES string of the molecule is COc1ccc(OC)c(N=C(C)N(CCc2c(C)[nH]c3ccccc23)CC2=CC=CC2)c1. The molecule has 0 bridgehead atoms. The lowest BCUT2D eigenvalue weighted by atomic mass is 10.1. The predicted molar refractivity (Wildman–Crippen MR) is 132 cm³/mol. The molecule has 5 nitrogen and oxygen atoms in total. The van der Waals surface area contributed by atoms with Crippen molar-refractivity contribution < 1.29 is 9.47 Å². The van der Waals surface area contributed by atoms with Gasteiger partial charge in [0, 0.05) is 35.8 Å². The van der Waals surface area contributed by atoms with Gasteiger partial charge in [-0.05, 0) is 56.0 Å². The Bertz CT molecular complexity index is 1190. The third kappa shape index (κ3) is 4.72. The summed E-state index contributed by atoms with van der Waals surface area (Å²) in [6, 6.07) is 14.2. The zero-order valence-electron chi connectivity index (χ0n) is 19.3. The third-order valence-corrected chi connectivity index (χ3v) is 6.03. The van der Waals surface area contributed by atoms with E-state index in [4.69, 9.17) is 14.5 Å². The Kier molecular flexibility index (Phi) is 6.64. The number of hydrogen-bond acceptors (Lipinski definition) is 3. The summed E-state index contributed by atoms with van der Waals surface area (Å²) in [5.74, 6) is 2.46. The van der Waals surface area contributed by atoms with Crippen LogP contribution in [0, 0.1) is 6.92 Å². The van der Waals surface area contributed by atoms with E-state index in [1.807, 2.05) is 18.2 Å². The molecule has 0 unspecified atom stereocenters. The summed E-state index contributed by atoms with van der Waals surface area (Å²) < 4.78 is 10.9. The summed E-state index contributed by atoms with van der Waals surface area (Å²) in [5.41, 5.74) is 5.97. The van der Waals surface area contributed by atoms with E-state index in [0.29, 0.717) is 0 Å². The average Bonchev–Trinajstić information content (AvgIpc) is 3.43. The van der Waals surface area contributed by atoms with Crippen molar-refractivity contribution >= 4 is 22.4 Å². The topological polar surface area (TPSA) is 49.9 Å². The van der Waals surface area contributed by atoms with Gasteiger partial charge < -0.3 is 19.4 Å². The lowest BCUT2D eigenvalue weighted by molar-refractivity contribution is 0.404. The van der Waals surface area contributed by atoms with Gasteiger partial charge in [0.2, 0.25) is 0 Å². The number of amidine groups is 1. The van der Waals surface area contributed by atoms with Crippen LogP contribution >= 0.6 is 0 Å². The van der Waals surface area contributed by atoms with Crippen LogP contribution in [0.4, 0.5) is 5.69 Å². The van der Waals surface area contributed by atoms with Gasteiger partial charge >= 0.3 is 0 Å². The second kappa shape index (κ2) is 9.77. The molecular weight excluding hydrogens is 398 g/mol. The predicted octanol–water partition coefficient (Wildman–Crippen LogP) is 5.97. The third-order valence-electron chi connectivity index (χ3n) is 6.03. The molecule has 1 aliphatic carbocycles. The second-order valence-corrected chi connectivity index (χ2v) is 8.10. The van der Waals surface area contributed by atoms with E-state index in [9.17, 15) is 0 Å². The van der Waals surface area contributed by atoms with E-state index in [1.165, 1.54) is 27.7 Å². The number of rotatable bonds is 8. The van der Waals surface area contributed by atoms with E-state index < -0.39 is 0 Å². The van der Waals surface area contributed by atoms with Gasteiger partial charge in [-0.25, -0.2) is 4.99 Å². The second-order valence-electron chi connectivity index (χ2n) is 8.10. The number of aromatic nitrogens is 1. The lowest BCUT2D eigenvalue weighted by Crippen LogP contribution is -2.32. The number of benzene rings is 2. The Labute approximate surface area is 190 Å². The van der Waals surface area contributed by atoms with Gasteiger partial charge in [0.25, 0.3) is 0 Å². The molecule has 1 heterocycles. The number of nitrogens with one attached hydrogen (secondary N) is 1. The Hall–Kier alpha value is -3.47. The monoisotopic (exact) mass is 429 g/mol. The molecule has 166 valence electrons. The van der Waals surface area contributed by atoms with Crippen molar-refractivity contribution in [3.05, 3.63) is 77.5 Å². The highest BCUT2D eigenvalue weighted by Gasteiger charge is 2.15. The van der Waals surface area contributed by atoms with Crippen LogP contribution in [0.15, 0.2) is 71.3 Å². The number of allylic oxidation sites excluding steroid dienone is 3. The highest BCUT2D eigenvalue weighted by molar-refractivity contribution is 5.85. The maximum Gasteiger partial charge on any atom is 0.144 e. The highest BCUT2D eigenvalue weighted by atomic mass is 16.5. The minimum atomic E-state index is 0.735. The number of methoxy groups -OCH3 is 2. The van der Waals surface area contributed by atoms with Crippen molar-refractivity contribution in [1.82, 2.24) is 9.88 Å². The molecule has 1 aliphatic rings. The average molecular weight is 430 g/mol. The minimum Gasteiger partial charge on any atom is -0.497 e. The molecule has 4 rings (SSSR count). The first kappa shape index (κ1) is 21.8. The molecule has 0 atom stereocenters. The minimum absolute atomic E-state index is 0.735. The number of hydrogen-bond donors (Lipinski definition) is 1. The van der Waals surface area contributed by atoms with Crippen LogP contribution in [0.25, 0.3) is 10.9 Å². The summed E-state index contributed by atoms with van der Waals surface area (Å²) in [5, 5.41) is 1.30. The molecule has 0 fully saturated rings. The first-order valence-corrected chi connectivity index (χ1v) is 11.0. The number of fused-ring (bicyclic) bond motifs is 1. The molecule has 3 aromatic rings. The Morgan fingerprint density at radius 3 is 2.72 bits per heavy atom. The van der Waals surface area contributed by atoms with Gasteiger partial charge in [-0.3, -0.25) is 0 Å². The summed E-state index contributed by atoms with van der Waals surface area (Å²) >= 11 is 0. The highest BCUT2D eigenvalue weighted by Crippen LogP contribution is 2.32. The largest absolute Gasteiger partial charge is 0.497 e. The Balaban J connectivity index is 1.61. The van der Waals surface area contributed by atoms with E-state index in [0.717, 1.165) is 49.0 Å². The fourth-order valence-corrected chi connectivity index (χ4v) is 4.24. The molecule has 2 aromatic carbocycles. The number of H-pyrrole nitrogens is 1. The zero-order chi connectivity index (χ0) is 22.5. The van der Waals surface area contributed by atoms with Gasteiger partial charge in [-0.2, -0.15) is 0 Å². The maximum absolute atomic E-state index is 5.54. The van der Waals surface area contributed by atoms with Crippen LogP contribution < -0.4 is 9.47 Å². The van der Waals surface area contributed by atoms with Gasteiger partial charge in [-0.15, -0.1) is 0 Å². The van der Waals surface area contributed by atoms with E-state index in [-0.39, 0.29) is 0 Å². The molecule has 0 saturated heterocycles. The molecular formula is C27H31N3O2. The standard InChI is InChI=1S/C27H31N3O2/c1-19-23(24-11-7-8-12-25(24)28-19)15-16-30(18-21-9-5-6-10-21)20(2)29-26-17-22(31-3)13-14-27(26)32-4/h5-9,11-14,17,28H,10,15-16,18H2,1-4H3. The molecule has 0 amide bonds.